The van der Waals surface area contributed by atoms with Crippen molar-refractivity contribution in [1.82, 2.24) is 14.9 Å². The summed E-state index contributed by atoms with van der Waals surface area (Å²) in [6.45, 7) is 3.99. The molecule has 0 bridgehead atoms. The minimum absolute atomic E-state index is 0.126. The summed E-state index contributed by atoms with van der Waals surface area (Å²) in [6, 6.07) is 11.3. The minimum Gasteiger partial charge on any atom is -0.449 e. The fourth-order valence-electron chi connectivity index (χ4n) is 2.13. The highest BCUT2D eigenvalue weighted by molar-refractivity contribution is 5.92. The van der Waals surface area contributed by atoms with E-state index in [-0.39, 0.29) is 11.9 Å². The van der Waals surface area contributed by atoms with Gasteiger partial charge in [0.15, 0.2) is 11.5 Å². The van der Waals surface area contributed by atoms with Gasteiger partial charge >= 0.3 is 0 Å². The van der Waals surface area contributed by atoms with Gasteiger partial charge in [0, 0.05) is 6.04 Å². The molecule has 0 aliphatic rings. The average molecular weight is 283 g/mol. The molecule has 0 radical (unpaired) electrons. The molecule has 3 aromatic heterocycles. The zero-order valence-corrected chi connectivity index (χ0v) is 12.0. The van der Waals surface area contributed by atoms with Crippen molar-refractivity contribution in [2.24, 2.45) is 0 Å². The Morgan fingerprint density at radius 2 is 2.19 bits per heavy atom. The number of fused-ring (bicyclic) bond motifs is 1. The molecule has 1 N–H and O–H groups in total. The Kier molecular flexibility index (Phi) is 3.48. The van der Waals surface area contributed by atoms with E-state index in [0.29, 0.717) is 11.5 Å². The van der Waals surface area contributed by atoms with E-state index in [0.717, 1.165) is 17.6 Å². The number of hydrogen-bond donors (Lipinski definition) is 1. The summed E-state index contributed by atoms with van der Waals surface area (Å²) >= 11 is 0. The van der Waals surface area contributed by atoms with Crippen molar-refractivity contribution in [3.63, 3.8) is 0 Å². The fraction of sp³-hybridized carbons (Fsp3) is 0.250. The van der Waals surface area contributed by atoms with Crippen molar-refractivity contribution < 1.29 is 9.21 Å². The maximum absolute atomic E-state index is 12.0. The molecule has 0 aliphatic heterocycles. The van der Waals surface area contributed by atoms with E-state index in [1.807, 2.05) is 38.1 Å². The van der Waals surface area contributed by atoms with Crippen LogP contribution in [0.25, 0.3) is 17.0 Å². The Balaban J connectivity index is 1.91. The van der Waals surface area contributed by atoms with E-state index in [9.17, 15) is 4.79 Å². The van der Waals surface area contributed by atoms with Crippen LogP contribution in [0, 0.1) is 0 Å². The minimum atomic E-state index is -0.191. The first-order valence-electron chi connectivity index (χ1n) is 7.03. The average Bonchev–Trinajstić information content (AvgIpc) is 3.15. The summed E-state index contributed by atoms with van der Waals surface area (Å²) in [7, 11) is 0. The summed E-state index contributed by atoms with van der Waals surface area (Å²) in [6.07, 6.45) is 2.62. The lowest BCUT2D eigenvalue weighted by molar-refractivity contribution is 0.0912. The number of pyridine rings is 1. The summed E-state index contributed by atoms with van der Waals surface area (Å²) in [5.74, 6) is 0.747. The van der Waals surface area contributed by atoms with Crippen LogP contribution in [0.2, 0.25) is 0 Å². The molecule has 0 unspecified atom stereocenters. The molecule has 0 spiro atoms. The van der Waals surface area contributed by atoms with Gasteiger partial charge < -0.3 is 9.73 Å². The van der Waals surface area contributed by atoms with Crippen LogP contribution in [0.5, 0.6) is 0 Å². The Morgan fingerprint density at radius 1 is 1.33 bits per heavy atom. The van der Waals surface area contributed by atoms with Gasteiger partial charge in [0.05, 0.1) is 11.7 Å². The van der Waals surface area contributed by atoms with Crippen LogP contribution in [0.4, 0.5) is 0 Å². The van der Waals surface area contributed by atoms with E-state index in [1.54, 1.807) is 22.8 Å². The standard InChI is InChI=1S/C16H17N3O2/c1-3-11(2)18-16(20)15-8-7-14(21-15)13-6-4-5-12-9-10-17-19(12)13/h4-11H,3H2,1-2H3,(H,18,20)/t11-/m1/s1. The molecule has 21 heavy (non-hydrogen) atoms. The third kappa shape index (κ3) is 2.54. The van der Waals surface area contributed by atoms with E-state index < -0.39 is 0 Å². The quantitative estimate of drug-likeness (QED) is 0.800. The molecule has 1 atom stereocenters. The molecular weight excluding hydrogens is 266 g/mol. The van der Waals surface area contributed by atoms with Crippen molar-refractivity contribution in [1.29, 1.82) is 0 Å². The molecule has 3 heterocycles. The molecule has 0 saturated carbocycles. The highest BCUT2D eigenvalue weighted by atomic mass is 16.4. The number of rotatable bonds is 4. The number of carbonyl (C=O) groups excluding carboxylic acids is 1. The number of nitrogens with one attached hydrogen (secondary N) is 1. The lowest BCUT2D eigenvalue weighted by Crippen LogP contribution is -2.31. The van der Waals surface area contributed by atoms with Gasteiger partial charge in [-0.25, -0.2) is 4.52 Å². The summed E-state index contributed by atoms with van der Waals surface area (Å²) < 4.78 is 7.47. The number of nitrogens with zero attached hydrogens (tertiary/aromatic N) is 2. The van der Waals surface area contributed by atoms with Crippen LogP contribution < -0.4 is 5.32 Å². The van der Waals surface area contributed by atoms with Crippen molar-refractivity contribution in [3.05, 3.63) is 48.4 Å². The highest BCUT2D eigenvalue weighted by Crippen LogP contribution is 2.23. The van der Waals surface area contributed by atoms with Crippen molar-refractivity contribution in [3.8, 4) is 11.5 Å². The molecular formula is C16H17N3O2. The van der Waals surface area contributed by atoms with Crippen LogP contribution in [0.1, 0.15) is 30.8 Å². The fourth-order valence-corrected chi connectivity index (χ4v) is 2.13. The van der Waals surface area contributed by atoms with Crippen LogP contribution in [0.3, 0.4) is 0 Å². The van der Waals surface area contributed by atoms with Crippen LogP contribution in [0.15, 0.2) is 47.0 Å². The third-order valence-corrected chi connectivity index (χ3v) is 3.49. The number of aromatic nitrogens is 2. The first kappa shape index (κ1) is 13.4. The molecule has 5 heteroatoms. The molecule has 3 aromatic rings. The maximum atomic E-state index is 12.0. The molecule has 1 amide bonds. The Labute approximate surface area is 122 Å². The van der Waals surface area contributed by atoms with E-state index in [2.05, 4.69) is 10.4 Å². The number of furan rings is 1. The van der Waals surface area contributed by atoms with Crippen LogP contribution >= 0.6 is 0 Å². The first-order chi connectivity index (χ1) is 10.2. The zero-order chi connectivity index (χ0) is 14.8. The second-order valence-corrected chi connectivity index (χ2v) is 5.03. The maximum Gasteiger partial charge on any atom is 0.287 e. The molecule has 3 rings (SSSR count). The van der Waals surface area contributed by atoms with Gasteiger partial charge in [0.1, 0.15) is 5.69 Å². The normalized spacial score (nSPS) is 12.5. The molecule has 108 valence electrons. The number of carbonyl (C=O) groups is 1. The SMILES string of the molecule is CC[C@@H](C)NC(=O)c1ccc(-c2cccc3ccnn23)o1. The summed E-state index contributed by atoms with van der Waals surface area (Å²) in [4.78, 5) is 12.0. The first-order valence-corrected chi connectivity index (χ1v) is 7.03. The summed E-state index contributed by atoms with van der Waals surface area (Å²) in [5, 5.41) is 7.15. The second-order valence-electron chi connectivity index (χ2n) is 5.03. The Morgan fingerprint density at radius 3 is 3.00 bits per heavy atom. The largest absolute Gasteiger partial charge is 0.449 e. The highest BCUT2D eigenvalue weighted by Gasteiger charge is 2.15. The lowest BCUT2D eigenvalue weighted by atomic mass is 10.2. The van der Waals surface area contributed by atoms with Gasteiger partial charge in [0.2, 0.25) is 0 Å². The lowest BCUT2D eigenvalue weighted by Gasteiger charge is -2.09. The van der Waals surface area contributed by atoms with Gasteiger partial charge in [-0.2, -0.15) is 5.10 Å². The zero-order valence-electron chi connectivity index (χ0n) is 12.0. The van der Waals surface area contributed by atoms with Gasteiger partial charge in [-0.1, -0.05) is 13.0 Å². The predicted octanol–water partition coefficient (Wildman–Crippen LogP) is 3.12. The number of hydrogen-bond acceptors (Lipinski definition) is 3. The van der Waals surface area contributed by atoms with Crippen molar-refractivity contribution >= 4 is 11.4 Å². The molecule has 0 fully saturated rings. The summed E-state index contributed by atoms with van der Waals surface area (Å²) in [5.41, 5.74) is 1.80. The predicted molar refractivity (Wildman–Crippen MR) is 80.1 cm³/mol. The van der Waals surface area contributed by atoms with Crippen LogP contribution in [-0.4, -0.2) is 21.6 Å². The molecule has 5 nitrogen and oxygen atoms in total. The van der Waals surface area contributed by atoms with Crippen LogP contribution in [-0.2, 0) is 0 Å². The number of amides is 1. The van der Waals surface area contributed by atoms with E-state index >= 15 is 0 Å². The Hall–Kier alpha value is -2.56. The van der Waals surface area contributed by atoms with Gasteiger partial charge in [-0.15, -0.1) is 0 Å². The second kappa shape index (κ2) is 5.44. The van der Waals surface area contributed by atoms with Gasteiger partial charge in [0.25, 0.3) is 5.91 Å². The molecule has 0 aromatic carbocycles. The van der Waals surface area contributed by atoms with E-state index in [1.165, 1.54) is 0 Å². The van der Waals surface area contributed by atoms with Gasteiger partial charge in [-0.3, -0.25) is 4.79 Å². The van der Waals surface area contributed by atoms with Gasteiger partial charge in [-0.05, 0) is 43.7 Å². The molecule has 0 saturated heterocycles. The Bertz CT molecular complexity index is 773. The van der Waals surface area contributed by atoms with Crippen molar-refractivity contribution in [2.45, 2.75) is 26.3 Å². The topological polar surface area (TPSA) is 59.5 Å². The molecule has 0 aliphatic carbocycles. The van der Waals surface area contributed by atoms with Crippen molar-refractivity contribution in [2.75, 3.05) is 0 Å². The smallest absolute Gasteiger partial charge is 0.287 e. The monoisotopic (exact) mass is 283 g/mol. The van der Waals surface area contributed by atoms with E-state index in [4.69, 9.17) is 4.42 Å². The third-order valence-electron chi connectivity index (χ3n) is 3.49.